The molecule has 0 aliphatic carbocycles. The Labute approximate surface area is 146 Å². The van der Waals surface area contributed by atoms with Crippen LogP contribution < -0.4 is 0 Å². The van der Waals surface area contributed by atoms with Crippen molar-refractivity contribution in [2.75, 3.05) is 18.8 Å². The number of hydrogen-bond donors (Lipinski definition) is 0. The van der Waals surface area contributed by atoms with E-state index in [0.717, 1.165) is 30.8 Å². The average Bonchev–Trinajstić information content (AvgIpc) is 3.03. The molecule has 0 radical (unpaired) electrons. The third-order valence-corrected chi connectivity index (χ3v) is 5.48. The van der Waals surface area contributed by atoms with Gasteiger partial charge in [0.2, 0.25) is 11.1 Å². The predicted octanol–water partition coefficient (Wildman–Crippen LogP) is 2.63. The third-order valence-electron chi connectivity index (χ3n) is 4.58. The van der Waals surface area contributed by atoms with Crippen LogP contribution in [0.3, 0.4) is 0 Å². The van der Waals surface area contributed by atoms with Crippen molar-refractivity contribution in [1.82, 2.24) is 25.1 Å². The van der Waals surface area contributed by atoms with Crippen molar-refractivity contribution in [1.29, 1.82) is 0 Å². The minimum atomic E-state index is 0.169. The molecule has 1 aliphatic heterocycles. The first-order chi connectivity index (χ1) is 11.6. The van der Waals surface area contributed by atoms with E-state index in [2.05, 4.69) is 42.4 Å². The molecular formula is C17H23N5OS. The fourth-order valence-electron chi connectivity index (χ4n) is 3.02. The molecule has 1 unspecified atom stereocenters. The van der Waals surface area contributed by atoms with E-state index in [1.54, 1.807) is 4.68 Å². The minimum absolute atomic E-state index is 0.169. The minimum Gasteiger partial charge on any atom is -0.342 e. The lowest BCUT2D eigenvalue weighted by atomic mass is 10.0. The van der Waals surface area contributed by atoms with Crippen LogP contribution in [-0.2, 0) is 4.79 Å². The first kappa shape index (κ1) is 17.0. The predicted molar refractivity (Wildman–Crippen MR) is 94.3 cm³/mol. The second-order valence-corrected chi connectivity index (χ2v) is 7.41. The summed E-state index contributed by atoms with van der Waals surface area (Å²) in [6.07, 6.45) is 2.31. The van der Waals surface area contributed by atoms with E-state index in [1.807, 2.05) is 17.0 Å². The van der Waals surface area contributed by atoms with E-state index in [0.29, 0.717) is 16.8 Å². The van der Waals surface area contributed by atoms with Gasteiger partial charge in [-0.3, -0.25) is 4.79 Å². The fourth-order valence-corrected chi connectivity index (χ4v) is 3.81. The molecule has 2 aromatic rings. The maximum atomic E-state index is 12.4. The fraction of sp³-hybridized carbons (Fsp3) is 0.529. The Bertz CT molecular complexity index is 730. The summed E-state index contributed by atoms with van der Waals surface area (Å²) in [6.45, 7) is 8.05. The Morgan fingerprint density at radius 3 is 3.00 bits per heavy atom. The number of amides is 1. The summed E-state index contributed by atoms with van der Waals surface area (Å²) < 4.78 is 1.72. The van der Waals surface area contributed by atoms with Crippen molar-refractivity contribution in [2.24, 2.45) is 5.92 Å². The highest BCUT2D eigenvalue weighted by Gasteiger charge is 2.22. The number of piperidine rings is 1. The Kier molecular flexibility index (Phi) is 5.18. The summed E-state index contributed by atoms with van der Waals surface area (Å²) in [7, 11) is 0. The number of thioether (sulfide) groups is 1. The number of carbonyl (C=O) groups is 1. The van der Waals surface area contributed by atoms with Gasteiger partial charge in [0, 0.05) is 13.1 Å². The molecular weight excluding hydrogens is 322 g/mol. The van der Waals surface area contributed by atoms with Crippen molar-refractivity contribution in [3.63, 3.8) is 0 Å². The number of tetrazole rings is 1. The quantitative estimate of drug-likeness (QED) is 0.797. The van der Waals surface area contributed by atoms with E-state index >= 15 is 0 Å². The zero-order valence-electron chi connectivity index (χ0n) is 14.4. The summed E-state index contributed by atoms with van der Waals surface area (Å²) in [5, 5.41) is 12.6. The molecule has 0 saturated carbocycles. The molecule has 1 aliphatic rings. The van der Waals surface area contributed by atoms with Gasteiger partial charge in [-0.1, -0.05) is 30.8 Å². The molecule has 1 aromatic carbocycles. The van der Waals surface area contributed by atoms with Crippen LogP contribution in [0.2, 0.25) is 0 Å². The number of carbonyl (C=O) groups excluding carboxylic acids is 1. The molecule has 7 heteroatoms. The molecule has 0 spiro atoms. The van der Waals surface area contributed by atoms with Crippen LogP contribution in [0.25, 0.3) is 5.69 Å². The molecule has 2 heterocycles. The number of likely N-dealkylation sites (tertiary alicyclic amines) is 1. The molecule has 128 valence electrons. The van der Waals surface area contributed by atoms with E-state index in [4.69, 9.17) is 0 Å². The molecule has 1 amide bonds. The summed E-state index contributed by atoms with van der Waals surface area (Å²) in [5.41, 5.74) is 3.29. The Morgan fingerprint density at radius 1 is 1.38 bits per heavy atom. The maximum absolute atomic E-state index is 12.4. The van der Waals surface area contributed by atoms with Crippen molar-refractivity contribution in [2.45, 2.75) is 38.8 Å². The SMILES string of the molecule is Cc1cccc(-n2nnnc2SCC(=O)N2CCCC(C)C2)c1C. The maximum Gasteiger partial charge on any atom is 0.233 e. The highest BCUT2D eigenvalue weighted by atomic mass is 32.2. The van der Waals surface area contributed by atoms with Gasteiger partial charge in [0.05, 0.1) is 11.4 Å². The normalized spacial score (nSPS) is 18.0. The standard InChI is InChI=1S/C17H23N5OS/c1-12-6-5-9-21(10-12)16(23)11-24-17-18-19-20-22(17)15-8-4-7-13(2)14(15)3/h4,7-8,12H,5-6,9-11H2,1-3H3. The monoisotopic (exact) mass is 345 g/mol. The highest BCUT2D eigenvalue weighted by molar-refractivity contribution is 7.99. The number of hydrogen-bond acceptors (Lipinski definition) is 5. The first-order valence-electron chi connectivity index (χ1n) is 8.32. The number of benzene rings is 1. The number of aryl methyl sites for hydroxylation is 1. The molecule has 6 nitrogen and oxygen atoms in total. The van der Waals surface area contributed by atoms with Crippen LogP contribution in [0.5, 0.6) is 0 Å². The van der Waals surface area contributed by atoms with E-state index in [-0.39, 0.29) is 5.91 Å². The zero-order valence-corrected chi connectivity index (χ0v) is 15.2. The summed E-state index contributed by atoms with van der Waals surface area (Å²) in [4.78, 5) is 14.4. The van der Waals surface area contributed by atoms with Crippen molar-refractivity contribution in [3.05, 3.63) is 29.3 Å². The van der Waals surface area contributed by atoms with Crippen LogP contribution >= 0.6 is 11.8 Å². The van der Waals surface area contributed by atoms with Crippen LogP contribution in [0, 0.1) is 19.8 Å². The topological polar surface area (TPSA) is 63.9 Å². The summed E-state index contributed by atoms with van der Waals surface area (Å²) in [5.74, 6) is 1.13. The smallest absolute Gasteiger partial charge is 0.233 e. The van der Waals surface area contributed by atoms with E-state index in [9.17, 15) is 4.79 Å². The van der Waals surface area contributed by atoms with Crippen LogP contribution in [-0.4, -0.2) is 49.9 Å². The van der Waals surface area contributed by atoms with Gasteiger partial charge < -0.3 is 4.90 Å². The van der Waals surface area contributed by atoms with E-state index in [1.165, 1.54) is 23.7 Å². The van der Waals surface area contributed by atoms with Gasteiger partial charge in [0.1, 0.15) is 0 Å². The van der Waals surface area contributed by atoms with Gasteiger partial charge in [0.15, 0.2) is 0 Å². The molecule has 1 atom stereocenters. The van der Waals surface area contributed by atoms with Gasteiger partial charge in [0.25, 0.3) is 0 Å². The average molecular weight is 345 g/mol. The number of rotatable bonds is 4. The molecule has 1 saturated heterocycles. The second-order valence-electron chi connectivity index (χ2n) is 6.47. The van der Waals surface area contributed by atoms with Gasteiger partial charge in [-0.15, -0.1) is 5.10 Å². The third kappa shape index (κ3) is 3.61. The molecule has 0 bridgehead atoms. The molecule has 3 rings (SSSR count). The van der Waals surface area contributed by atoms with Gasteiger partial charge in [-0.05, 0) is 60.2 Å². The molecule has 0 N–H and O–H groups in total. The van der Waals surface area contributed by atoms with Crippen LogP contribution in [0.4, 0.5) is 0 Å². The van der Waals surface area contributed by atoms with Crippen LogP contribution in [0.1, 0.15) is 30.9 Å². The van der Waals surface area contributed by atoms with Crippen molar-refractivity contribution in [3.8, 4) is 5.69 Å². The largest absolute Gasteiger partial charge is 0.342 e. The Morgan fingerprint density at radius 2 is 2.21 bits per heavy atom. The zero-order chi connectivity index (χ0) is 17.1. The lowest BCUT2D eigenvalue weighted by molar-refractivity contribution is -0.130. The highest BCUT2D eigenvalue weighted by Crippen LogP contribution is 2.23. The Balaban J connectivity index is 1.70. The summed E-state index contributed by atoms with van der Waals surface area (Å²) in [6, 6.07) is 6.06. The lowest BCUT2D eigenvalue weighted by Gasteiger charge is -2.30. The summed E-state index contributed by atoms with van der Waals surface area (Å²) >= 11 is 1.40. The van der Waals surface area contributed by atoms with Crippen LogP contribution in [0.15, 0.2) is 23.4 Å². The first-order valence-corrected chi connectivity index (χ1v) is 9.30. The number of aromatic nitrogens is 4. The molecule has 1 fully saturated rings. The second kappa shape index (κ2) is 7.34. The van der Waals surface area contributed by atoms with E-state index < -0.39 is 0 Å². The van der Waals surface area contributed by atoms with Gasteiger partial charge in [-0.25, -0.2) is 0 Å². The van der Waals surface area contributed by atoms with Gasteiger partial charge in [-0.2, -0.15) is 4.68 Å². The molecule has 1 aromatic heterocycles. The lowest BCUT2D eigenvalue weighted by Crippen LogP contribution is -2.40. The molecule has 24 heavy (non-hydrogen) atoms. The number of nitrogens with zero attached hydrogens (tertiary/aromatic N) is 5. The van der Waals surface area contributed by atoms with Gasteiger partial charge >= 0.3 is 0 Å². The Hall–Kier alpha value is -1.89. The van der Waals surface area contributed by atoms with Crippen molar-refractivity contribution < 1.29 is 4.79 Å². The van der Waals surface area contributed by atoms with Crippen molar-refractivity contribution >= 4 is 17.7 Å².